The SMILES string of the molecule is C[Si](C)(O)c1cc2c(C(=O)N3CCC(c4cccc(CN)c4)CC3)cccc2[nH]1. The highest BCUT2D eigenvalue weighted by molar-refractivity contribution is 6.82. The number of nitrogens with two attached hydrogens (primary N) is 1. The largest absolute Gasteiger partial charge is 0.427 e. The van der Waals surface area contributed by atoms with Crippen molar-refractivity contribution in [1.82, 2.24) is 9.88 Å². The molecule has 4 N–H and O–H groups in total. The number of aromatic amines is 1. The van der Waals surface area contributed by atoms with Crippen molar-refractivity contribution in [2.45, 2.75) is 38.4 Å². The maximum atomic E-state index is 13.3. The van der Waals surface area contributed by atoms with E-state index in [4.69, 9.17) is 5.73 Å². The normalized spacial score (nSPS) is 15.8. The van der Waals surface area contributed by atoms with E-state index in [1.54, 1.807) is 0 Å². The number of amides is 1. The van der Waals surface area contributed by atoms with E-state index in [1.165, 1.54) is 5.56 Å². The van der Waals surface area contributed by atoms with E-state index in [1.807, 2.05) is 42.3 Å². The van der Waals surface area contributed by atoms with Gasteiger partial charge in [-0.2, -0.15) is 0 Å². The Morgan fingerprint density at radius 3 is 2.59 bits per heavy atom. The molecule has 5 nitrogen and oxygen atoms in total. The van der Waals surface area contributed by atoms with Gasteiger partial charge in [0.15, 0.2) is 0 Å². The minimum atomic E-state index is -2.46. The Hall–Kier alpha value is -2.41. The number of hydrogen-bond acceptors (Lipinski definition) is 3. The molecule has 0 radical (unpaired) electrons. The van der Waals surface area contributed by atoms with Gasteiger partial charge in [0.05, 0.1) is 0 Å². The number of aromatic nitrogens is 1. The molecule has 1 saturated heterocycles. The minimum Gasteiger partial charge on any atom is -0.427 e. The van der Waals surface area contributed by atoms with Crippen LogP contribution in [-0.2, 0) is 6.54 Å². The lowest BCUT2D eigenvalue weighted by atomic mass is 9.88. The van der Waals surface area contributed by atoms with Crippen LogP contribution in [0.1, 0.15) is 40.2 Å². The minimum absolute atomic E-state index is 0.0766. The highest BCUT2D eigenvalue weighted by Gasteiger charge is 2.27. The van der Waals surface area contributed by atoms with Crippen molar-refractivity contribution >= 4 is 30.4 Å². The van der Waals surface area contributed by atoms with Crippen LogP contribution >= 0.6 is 0 Å². The molecule has 2 aromatic carbocycles. The molecule has 152 valence electrons. The molecule has 6 heteroatoms. The van der Waals surface area contributed by atoms with E-state index in [9.17, 15) is 9.59 Å². The number of benzene rings is 2. The van der Waals surface area contributed by atoms with Gasteiger partial charge in [0.1, 0.15) is 0 Å². The summed E-state index contributed by atoms with van der Waals surface area (Å²) in [6, 6.07) is 16.2. The lowest BCUT2D eigenvalue weighted by Crippen LogP contribution is -2.42. The van der Waals surface area contributed by atoms with Crippen molar-refractivity contribution in [1.29, 1.82) is 0 Å². The van der Waals surface area contributed by atoms with E-state index in [-0.39, 0.29) is 5.91 Å². The lowest BCUT2D eigenvalue weighted by Gasteiger charge is -2.32. The summed E-state index contributed by atoms with van der Waals surface area (Å²) in [7, 11) is -2.46. The molecule has 1 fully saturated rings. The van der Waals surface area contributed by atoms with Gasteiger partial charge in [0.25, 0.3) is 5.91 Å². The summed E-state index contributed by atoms with van der Waals surface area (Å²) in [6.45, 7) is 5.82. The van der Waals surface area contributed by atoms with Crippen LogP contribution in [0.3, 0.4) is 0 Å². The first-order valence-corrected chi connectivity index (χ1v) is 13.2. The van der Waals surface area contributed by atoms with Crippen LogP contribution in [0, 0.1) is 0 Å². The summed E-state index contributed by atoms with van der Waals surface area (Å²) in [6.07, 6.45) is 1.93. The van der Waals surface area contributed by atoms with E-state index in [0.717, 1.165) is 47.7 Å². The number of rotatable bonds is 4. The first kappa shape index (κ1) is 19.9. The zero-order chi connectivity index (χ0) is 20.6. The maximum Gasteiger partial charge on any atom is 0.254 e. The predicted molar refractivity (Wildman–Crippen MR) is 120 cm³/mol. The molecule has 1 aromatic heterocycles. The molecule has 0 aliphatic carbocycles. The number of H-pyrrole nitrogens is 1. The number of nitrogens with zero attached hydrogens (tertiary/aromatic N) is 1. The summed E-state index contributed by atoms with van der Waals surface area (Å²) in [5.41, 5.74) is 9.89. The molecular weight excluding hydrogens is 378 g/mol. The second kappa shape index (κ2) is 7.78. The van der Waals surface area contributed by atoms with Gasteiger partial charge in [-0.3, -0.25) is 4.79 Å². The van der Waals surface area contributed by atoms with Gasteiger partial charge in [-0.1, -0.05) is 30.3 Å². The Labute approximate surface area is 172 Å². The van der Waals surface area contributed by atoms with Gasteiger partial charge in [-0.25, -0.2) is 0 Å². The zero-order valence-corrected chi connectivity index (χ0v) is 18.1. The number of carbonyl (C=O) groups is 1. The molecule has 0 spiro atoms. The Balaban J connectivity index is 1.52. The molecule has 29 heavy (non-hydrogen) atoms. The van der Waals surface area contributed by atoms with Crippen LogP contribution in [0.2, 0.25) is 13.1 Å². The molecule has 1 amide bonds. The fraction of sp³-hybridized carbons (Fsp3) is 0.348. The zero-order valence-electron chi connectivity index (χ0n) is 17.1. The molecular formula is C23H29N3O2Si. The van der Waals surface area contributed by atoms with Crippen molar-refractivity contribution in [2.24, 2.45) is 5.73 Å². The molecule has 0 saturated carbocycles. The highest BCUT2D eigenvalue weighted by Crippen LogP contribution is 2.30. The molecule has 1 aliphatic rings. The number of fused-ring (bicyclic) bond motifs is 1. The number of likely N-dealkylation sites (tertiary alicyclic amines) is 1. The number of hydrogen-bond donors (Lipinski definition) is 3. The first-order chi connectivity index (χ1) is 13.9. The van der Waals surface area contributed by atoms with Gasteiger partial charge in [0.2, 0.25) is 8.32 Å². The average Bonchev–Trinajstić information content (AvgIpc) is 3.18. The van der Waals surface area contributed by atoms with E-state index < -0.39 is 8.32 Å². The van der Waals surface area contributed by atoms with E-state index >= 15 is 0 Å². The van der Waals surface area contributed by atoms with Crippen LogP contribution in [0.4, 0.5) is 0 Å². The lowest BCUT2D eigenvalue weighted by molar-refractivity contribution is 0.0715. The van der Waals surface area contributed by atoms with Crippen molar-refractivity contribution in [3.05, 3.63) is 65.2 Å². The van der Waals surface area contributed by atoms with Gasteiger partial charge in [0, 0.05) is 41.4 Å². The Bertz CT molecular complexity index is 1030. The second-order valence-electron chi connectivity index (χ2n) is 8.52. The van der Waals surface area contributed by atoms with Gasteiger partial charge >= 0.3 is 0 Å². The predicted octanol–water partition coefficient (Wildman–Crippen LogP) is 3.05. The van der Waals surface area contributed by atoms with E-state index in [0.29, 0.717) is 18.0 Å². The first-order valence-electron chi connectivity index (χ1n) is 10.3. The Morgan fingerprint density at radius 1 is 1.17 bits per heavy atom. The third-order valence-electron chi connectivity index (χ3n) is 5.99. The monoisotopic (exact) mass is 407 g/mol. The quantitative estimate of drug-likeness (QED) is 0.581. The molecule has 0 bridgehead atoms. The summed E-state index contributed by atoms with van der Waals surface area (Å²) < 4.78 is 0. The molecule has 0 atom stereocenters. The van der Waals surface area contributed by atoms with Crippen molar-refractivity contribution < 1.29 is 9.59 Å². The summed E-state index contributed by atoms with van der Waals surface area (Å²) in [5, 5.41) is 1.76. The van der Waals surface area contributed by atoms with Gasteiger partial charge in [-0.15, -0.1) is 0 Å². The summed E-state index contributed by atoms with van der Waals surface area (Å²) >= 11 is 0. The number of piperidine rings is 1. The third-order valence-corrected chi connectivity index (χ3v) is 7.58. The second-order valence-corrected chi connectivity index (χ2v) is 12.2. The smallest absolute Gasteiger partial charge is 0.254 e. The third kappa shape index (κ3) is 4.01. The van der Waals surface area contributed by atoms with Crippen LogP contribution < -0.4 is 11.1 Å². The molecule has 1 aliphatic heterocycles. The van der Waals surface area contributed by atoms with Crippen LogP contribution in [-0.4, -0.2) is 42.0 Å². The maximum absolute atomic E-state index is 13.3. The van der Waals surface area contributed by atoms with Crippen molar-refractivity contribution in [3.8, 4) is 0 Å². The number of carbonyl (C=O) groups excluding carboxylic acids is 1. The standard InChI is InChI=1S/C23H29N3O2Si/c1-29(2,28)22-14-20-19(7-4-8-21(20)25-22)23(27)26-11-9-17(10-12-26)18-6-3-5-16(13-18)15-24/h3-8,13-14,17,25,28H,9-12,15,24H2,1-2H3. The highest BCUT2D eigenvalue weighted by atomic mass is 28.4. The number of nitrogens with one attached hydrogen (secondary N) is 1. The van der Waals surface area contributed by atoms with Crippen LogP contribution in [0.15, 0.2) is 48.5 Å². The fourth-order valence-corrected chi connectivity index (χ4v) is 5.17. The fourth-order valence-electron chi connectivity index (χ4n) is 4.23. The van der Waals surface area contributed by atoms with Gasteiger partial charge < -0.3 is 20.4 Å². The molecule has 2 heterocycles. The summed E-state index contributed by atoms with van der Waals surface area (Å²) in [5.74, 6) is 0.550. The molecule has 0 unspecified atom stereocenters. The molecule has 3 aromatic rings. The van der Waals surface area contributed by atoms with Crippen molar-refractivity contribution in [3.63, 3.8) is 0 Å². The Morgan fingerprint density at radius 2 is 1.90 bits per heavy atom. The van der Waals surface area contributed by atoms with Crippen LogP contribution in [0.25, 0.3) is 10.9 Å². The summed E-state index contributed by atoms with van der Waals surface area (Å²) in [4.78, 5) is 29.0. The Kier molecular flexibility index (Phi) is 5.33. The topological polar surface area (TPSA) is 82.3 Å². The van der Waals surface area contributed by atoms with E-state index in [2.05, 4.69) is 29.2 Å². The van der Waals surface area contributed by atoms with Gasteiger partial charge in [-0.05, 0) is 61.2 Å². The molecule has 4 rings (SSSR count). The average molecular weight is 408 g/mol. The van der Waals surface area contributed by atoms with Crippen molar-refractivity contribution in [2.75, 3.05) is 13.1 Å². The van der Waals surface area contributed by atoms with Crippen LogP contribution in [0.5, 0.6) is 0 Å².